The van der Waals surface area contributed by atoms with E-state index in [0.29, 0.717) is 36.7 Å². The van der Waals surface area contributed by atoms with E-state index in [1.54, 1.807) is 0 Å². The Bertz CT molecular complexity index is 407. The Hall–Kier alpha value is -1.21. The number of halogens is 1. The molecule has 0 bridgehead atoms. The number of nitrogens with zero attached hydrogens (tertiary/aromatic N) is 3. The third-order valence-electron chi connectivity index (χ3n) is 2.31. The van der Waals surface area contributed by atoms with Crippen LogP contribution in [0.3, 0.4) is 0 Å². The summed E-state index contributed by atoms with van der Waals surface area (Å²) in [6.07, 6.45) is 0. The van der Waals surface area contributed by atoms with Crippen LogP contribution in [0.1, 0.15) is 0 Å². The maximum atomic E-state index is 10.7. The van der Waals surface area contributed by atoms with Gasteiger partial charge in [0.05, 0.1) is 24.2 Å². The summed E-state index contributed by atoms with van der Waals surface area (Å²) in [5.74, 6) is 0.615. The van der Waals surface area contributed by atoms with Crippen LogP contribution >= 0.6 is 15.9 Å². The first-order chi connectivity index (χ1) is 7.66. The minimum Gasteiger partial charge on any atom is -0.378 e. The average Bonchev–Trinajstić information content (AvgIpc) is 2.29. The highest BCUT2D eigenvalue weighted by Crippen LogP contribution is 2.23. The smallest absolute Gasteiger partial charge is 0.275 e. The van der Waals surface area contributed by atoms with Crippen LogP contribution in [0.25, 0.3) is 0 Å². The molecule has 1 aromatic heterocycles. The zero-order valence-corrected chi connectivity index (χ0v) is 10.0. The second kappa shape index (κ2) is 4.75. The fourth-order valence-corrected chi connectivity index (χ4v) is 1.95. The summed E-state index contributed by atoms with van der Waals surface area (Å²) >= 11 is 3.17. The lowest BCUT2D eigenvalue weighted by Crippen LogP contribution is -2.36. The van der Waals surface area contributed by atoms with Gasteiger partial charge in [0.25, 0.3) is 5.69 Å². The standard InChI is InChI=1S/C9H10BrN3O3/c10-8-5-7(13(14)15)6-9(11-8)12-1-3-16-4-2-12/h5-6H,1-4H2. The Morgan fingerprint density at radius 2 is 2.12 bits per heavy atom. The summed E-state index contributed by atoms with van der Waals surface area (Å²) in [6.45, 7) is 2.67. The fraction of sp³-hybridized carbons (Fsp3) is 0.444. The van der Waals surface area contributed by atoms with Crippen molar-refractivity contribution in [3.05, 3.63) is 26.9 Å². The Morgan fingerprint density at radius 1 is 1.44 bits per heavy atom. The number of nitro groups is 1. The van der Waals surface area contributed by atoms with Crippen LogP contribution in [0.2, 0.25) is 0 Å². The Labute approximate surface area is 100 Å². The minimum absolute atomic E-state index is 0.0448. The van der Waals surface area contributed by atoms with Crippen LogP contribution in [0.15, 0.2) is 16.7 Å². The normalized spacial score (nSPS) is 16.2. The number of hydrogen-bond acceptors (Lipinski definition) is 5. The Morgan fingerprint density at radius 3 is 2.75 bits per heavy atom. The van der Waals surface area contributed by atoms with Crippen molar-refractivity contribution in [1.29, 1.82) is 0 Å². The lowest BCUT2D eigenvalue weighted by Gasteiger charge is -2.27. The van der Waals surface area contributed by atoms with Crippen LogP contribution in [0.5, 0.6) is 0 Å². The van der Waals surface area contributed by atoms with Crippen LogP contribution < -0.4 is 4.90 Å². The van der Waals surface area contributed by atoms with Crippen molar-refractivity contribution in [3.8, 4) is 0 Å². The number of aromatic nitrogens is 1. The topological polar surface area (TPSA) is 68.5 Å². The molecule has 16 heavy (non-hydrogen) atoms. The Balaban J connectivity index is 2.28. The summed E-state index contributed by atoms with van der Waals surface area (Å²) in [7, 11) is 0. The molecule has 1 saturated heterocycles. The molecule has 0 saturated carbocycles. The molecule has 0 N–H and O–H groups in total. The molecular weight excluding hydrogens is 278 g/mol. The van der Waals surface area contributed by atoms with Gasteiger partial charge in [0, 0.05) is 19.2 Å². The van der Waals surface area contributed by atoms with Crippen molar-refractivity contribution in [3.63, 3.8) is 0 Å². The van der Waals surface area contributed by atoms with E-state index in [1.807, 2.05) is 4.90 Å². The van der Waals surface area contributed by atoms with Gasteiger partial charge in [0.15, 0.2) is 0 Å². The van der Waals surface area contributed by atoms with Crippen molar-refractivity contribution in [1.82, 2.24) is 4.98 Å². The molecular formula is C9H10BrN3O3. The summed E-state index contributed by atoms with van der Waals surface area (Å²) in [5.41, 5.74) is 0.0448. The summed E-state index contributed by atoms with van der Waals surface area (Å²) in [5, 5.41) is 10.7. The van der Waals surface area contributed by atoms with Gasteiger partial charge in [-0.15, -0.1) is 0 Å². The molecule has 1 aliphatic heterocycles. The van der Waals surface area contributed by atoms with E-state index in [2.05, 4.69) is 20.9 Å². The SMILES string of the molecule is O=[N+]([O-])c1cc(Br)nc(N2CCOCC2)c1. The van der Waals surface area contributed by atoms with Crippen molar-refractivity contribution < 1.29 is 9.66 Å². The highest BCUT2D eigenvalue weighted by Gasteiger charge is 2.17. The molecule has 86 valence electrons. The predicted molar refractivity (Wildman–Crippen MR) is 61.6 cm³/mol. The first kappa shape index (κ1) is 11.3. The Kier molecular flexibility index (Phi) is 3.35. The van der Waals surface area contributed by atoms with Crippen LogP contribution in [0, 0.1) is 10.1 Å². The van der Waals surface area contributed by atoms with Gasteiger partial charge in [0.2, 0.25) is 0 Å². The second-order valence-corrected chi connectivity index (χ2v) is 4.18. The lowest BCUT2D eigenvalue weighted by atomic mass is 10.3. The van der Waals surface area contributed by atoms with E-state index < -0.39 is 4.92 Å². The van der Waals surface area contributed by atoms with E-state index in [-0.39, 0.29) is 5.69 Å². The molecule has 0 radical (unpaired) electrons. The molecule has 1 aliphatic rings. The van der Waals surface area contributed by atoms with E-state index in [1.165, 1.54) is 12.1 Å². The zero-order valence-electron chi connectivity index (χ0n) is 8.43. The molecule has 0 aromatic carbocycles. The van der Waals surface area contributed by atoms with E-state index >= 15 is 0 Å². The van der Waals surface area contributed by atoms with Crippen LogP contribution in [0.4, 0.5) is 11.5 Å². The lowest BCUT2D eigenvalue weighted by molar-refractivity contribution is -0.384. The zero-order chi connectivity index (χ0) is 11.5. The maximum absolute atomic E-state index is 10.7. The maximum Gasteiger partial charge on any atom is 0.275 e. The number of rotatable bonds is 2. The molecule has 2 heterocycles. The van der Waals surface area contributed by atoms with Gasteiger partial charge in [-0.1, -0.05) is 0 Å². The summed E-state index contributed by atoms with van der Waals surface area (Å²) in [4.78, 5) is 16.5. The van der Waals surface area contributed by atoms with Crippen LogP contribution in [-0.2, 0) is 4.74 Å². The quantitative estimate of drug-likeness (QED) is 0.469. The third-order valence-corrected chi connectivity index (χ3v) is 2.72. The summed E-state index contributed by atoms with van der Waals surface area (Å²) < 4.78 is 5.69. The minimum atomic E-state index is -0.420. The molecule has 7 heteroatoms. The third kappa shape index (κ3) is 2.48. The second-order valence-electron chi connectivity index (χ2n) is 3.36. The van der Waals surface area contributed by atoms with Gasteiger partial charge >= 0.3 is 0 Å². The number of morpholine rings is 1. The van der Waals surface area contributed by atoms with E-state index in [0.717, 1.165) is 0 Å². The molecule has 1 fully saturated rings. The first-order valence-corrected chi connectivity index (χ1v) is 5.61. The molecule has 6 nitrogen and oxygen atoms in total. The number of ether oxygens (including phenoxy) is 1. The van der Waals surface area contributed by atoms with Gasteiger partial charge in [-0.05, 0) is 15.9 Å². The van der Waals surface area contributed by atoms with Crippen LogP contribution in [-0.4, -0.2) is 36.2 Å². The largest absolute Gasteiger partial charge is 0.378 e. The first-order valence-electron chi connectivity index (χ1n) is 4.81. The van der Waals surface area contributed by atoms with Crippen molar-refractivity contribution in [2.75, 3.05) is 31.2 Å². The van der Waals surface area contributed by atoms with Crippen molar-refractivity contribution in [2.24, 2.45) is 0 Å². The number of hydrogen-bond donors (Lipinski definition) is 0. The van der Waals surface area contributed by atoms with E-state index in [4.69, 9.17) is 4.74 Å². The summed E-state index contributed by atoms with van der Waals surface area (Å²) in [6, 6.07) is 2.88. The van der Waals surface area contributed by atoms with Gasteiger partial charge in [-0.3, -0.25) is 10.1 Å². The van der Waals surface area contributed by atoms with Gasteiger partial charge < -0.3 is 9.64 Å². The van der Waals surface area contributed by atoms with Gasteiger partial charge in [-0.2, -0.15) is 0 Å². The number of anilines is 1. The molecule has 0 unspecified atom stereocenters. The highest BCUT2D eigenvalue weighted by molar-refractivity contribution is 9.10. The molecule has 2 rings (SSSR count). The number of pyridine rings is 1. The van der Waals surface area contributed by atoms with E-state index in [9.17, 15) is 10.1 Å². The predicted octanol–water partition coefficient (Wildman–Crippen LogP) is 1.59. The monoisotopic (exact) mass is 287 g/mol. The van der Waals surface area contributed by atoms with Crippen molar-refractivity contribution in [2.45, 2.75) is 0 Å². The van der Waals surface area contributed by atoms with Crippen molar-refractivity contribution >= 4 is 27.4 Å². The molecule has 0 aliphatic carbocycles. The average molecular weight is 288 g/mol. The molecule has 0 atom stereocenters. The molecule has 0 amide bonds. The van der Waals surface area contributed by atoms with Gasteiger partial charge in [0.1, 0.15) is 10.4 Å². The van der Waals surface area contributed by atoms with Gasteiger partial charge in [-0.25, -0.2) is 4.98 Å². The molecule has 1 aromatic rings. The fourth-order valence-electron chi connectivity index (χ4n) is 1.53. The highest BCUT2D eigenvalue weighted by atomic mass is 79.9. The molecule has 0 spiro atoms.